The fourth-order valence-electron chi connectivity index (χ4n) is 5.57. The summed E-state index contributed by atoms with van der Waals surface area (Å²) in [6.45, 7) is -0.799. The average Bonchev–Trinajstić information content (AvgIpc) is 3.56. The minimum absolute atomic E-state index is 0.00883. The van der Waals surface area contributed by atoms with E-state index >= 15 is 4.39 Å². The number of nitrogens with one attached hydrogen (secondary N) is 1. The second-order valence-corrected chi connectivity index (χ2v) is 12.8. The molecule has 44 heavy (non-hydrogen) atoms. The van der Waals surface area contributed by atoms with Crippen LogP contribution in [0, 0.1) is 5.82 Å². The van der Waals surface area contributed by atoms with Gasteiger partial charge in [-0.3, -0.25) is 13.9 Å². The highest BCUT2D eigenvalue weighted by Gasteiger charge is 2.35. The van der Waals surface area contributed by atoms with Crippen LogP contribution in [0.25, 0.3) is 0 Å². The van der Waals surface area contributed by atoms with E-state index in [0.29, 0.717) is 5.69 Å². The Morgan fingerprint density at radius 2 is 1.36 bits per heavy atom. The van der Waals surface area contributed by atoms with Crippen LogP contribution in [0.15, 0.2) is 120 Å². The first-order chi connectivity index (χ1) is 21.3. The van der Waals surface area contributed by atoms with Crippen molar-refractivity contribution < 1.29 is 22.4 Å². The zero-order valence-corrected chi connectivity index (χ0v) is 25.2. The summed E-state index contributed by atoms with van der Waals surface area (Å²) in [5, 5.41) is 3.12. The van der Waals surface area contributed by atoms with Gasteiger partial charge >= 0.3 is 0 Å². The summed E-state index contributed by atoms with van der Waals surface area (Å²) in [6.07, 6.45) is 3.89. The van der Waals surface area contributed by atoms with Crippen LogP contribution in [-0.2, 0) is 32.6 Å². The first-order valence-corrected chi connectivity index (χ1v) is 16.3. The fourth-order valence-corrected chi connectivity index (χ4v) is 7.01. The summed E-state index contributed by atoms with van der Waals surface area (Å²) >= 11 is 0. The Kier molecular flexibility index (Phi) is 10.1. The minimum atomic E-state index is -4.18. The average molecular weight is 614 g/mol. The van der Waals surface area contributed by atoms with Gasteiger partial charge in [0.05, 0.1) is 10.6 Å². The summed E-state index contributed by atoms with van der Waals surface area (Å²) in [4.78, 5) is 29.7. The van der Waals surface area contributed by atoms with E-state index in [1.165, 1.54) is 23.1 Å². The third kappa shape index (κ3) is 7.52. The molecule has 1 aliphatic carbocycles. The van der Waals surface area contributed by atoms with Crippen molar-refractivity contribution in [2.24, 2.45) is 0 Å². The highest BCUT2D eigenvalue weighted by atomic mass is 32.2. The number of sulfonamides is 1. The molecular formula is C35H36FN3O4S. The third-order valence-corrected chi connectivity index (χ3v) is 9.71. The molecular weight excluding hydrogens is 577 g/mol. The number of nitrogens with zero attached hydrogens (tertiary/aromatic N) is 2. The van der Waals surface area contributed by atoms with E-state index in [-0.39, 0.29) is 35.4 Å². The Morgan fingerprint density at radius 1 is 0.795 bits per heavy atom. The number of hydrogen-bond acceptors (Lipinski definition) is 4. The van der Waals surface area contributed by atoms with Crippen LogP contribution in [0.5, 0.6) is 0 Å². The van der Waals surface area contributed by atoms with Crippen molar-refractivity contribution in [1.29, 1.82) is 0 Å². The summed E-state index contributed by atoms with van der Waals surface area (Å²) in [6, 6.07) is 30.7. The number of rotatable bonds is 12. The van der Waals surface area contributed by atoms with Crippen LogP contribution in [0.4, 0.5) is 10.1 Å². The summed E-state index contributed by atoms with van der Waals surface area (Å²) in [5.41, 5.74) is 1.34. The molecule has 1 unspecified atom stereocenters. The SMILES string of the molecule is O=C(NC1CCCC1)C(Cc1ccccc1)N(Cc1ccccc1F)C(=O)CN(c1ccccc1)S(=O)(=O)c1ccccc1. The quantitative estimate of drug-likeness (QED) is 0.222. The number of halogens is 1. The second kappa shape index (κ2) is 14.3. The first kappa shape index (κ1) is 30.9. The Balaban J connectivity index is 1.55. The number of benzene rings is 4. The van der Waals surface area contributed by atoms with Crippen LogP contribution < -0.4 is 9.62 Å². The van der Waals surface area contributed by atoms with E-state index in [9.17, 15) is 18.0 Å². The lowest BCUT2D eigenvalue weighted by Crippen LogP contribution is -2.54. The molecule has 0 spiro atoms. The molecule has 0 heterocycles. The van der Waals surface area contributed by atoms with E-state index in [0.717, 1.165) is 35.6 Å². The molecule has 1 aliphatic rings. The minimum Gasteiger partial charge on any atom is -0.352 e. The van der Waals surface area contributed by atoms with E-state index in [4.69, 9.17) is 0 Å². The Morgan fingerprint density at radius 3 is 2.00 bits per heavy atom. The lowest BCUT2D eigenvalue weighted by atomic mass is 10.0. The van der Waals surface area contributed by atoms with Crippen LogP contribution in [0.2, 0.25) is 0 Å². The van der Waals surface area contributed by atoms with E-state index in [1.807, 2.05) is 30.3 Å². The lowest BCUT2D eigenvalue weighted by molar-refractivity contribution is -0.140. The summed E-state index contributed by atoms with van der Waals surface area (Å²) < 4.78 is 44.0. The largest absolute Gasteiger partial charge is 0.352 e. The highest BCUT2D eigenvalue weighted by Crippen LogP contribution is 2.25. The number of hydrogen-bond donors (Lipinski definition) is 1. The molecule has 2 amide bonds. The normalized spacial score (nSPS) is 14.1. The third-order valence-electron chi connectivity index (χ3n) is 7.93. The first-order valence-electron chi connectivity index (χ1n) is 14.8. The molecule has 1 atom stereocenters. The maximum Gasteiger partial charge on any atom is 0.264 e. The van der Waals surface area contributed by atoms with Gasteiger partial charge in [-0.1, -0.05) is 97.8 Å². The molecule has 0 aromatic heterocycles. The van der Waals surface area contributed by atoms with Crippen LogP contribution >= 0.6 is 0 Å². The van der Waals surface area contributed by atoms with Crippen molar-refractivity contribution in [3.63, 3.8) is 0 Å². The maximum atomic E-state index is 15.0. The van der Waals surface area contributed by atoms with Gasteiger partial charge in [0.1, 0.15) is 18.4 Å². The Bertz CT molecular complexity index is 1650. The predicted octanol–water partition coefficient (Wildman–Crippen LogP) is 5.72. The van der Waals surface area contributed by atoms with Crippen molar-refractivity contribution in [1.82, 2.24) is 10.2 Å². The highest BCUT2D eigenvalue weighted by molar-refractivity contribution is 7.92. The van der Waals surface area contributed by atoms with Crippen LogP contribution in [-0.4, -0.2) is 43.8 Å². The maximum absolute atomic E-state index is 15.0. The number of anilines is 1. The van der Waals surface area contributed by atoms with E-state index in [2.05, 4.69) is 5.32 Å². The van der Waals surface area contributed by atoms with Gasteiger partial charge in [-0.25, -0.2) is 12.8 Å². The van der Waals surface area contributed by atoms with Gasteiger partial charge in [0.15, 0.2) is 0 Å². The molecule has 0 radical (unpaired) electrons. The second-order valence-electron chi connectivity index (χ2n) is 11.0. The zero-order chi connectivity index (χ0) is 30.9. The number of carbonyl (C=O) groups is 2. The fraction of sp³-hybridized carbons (Fsp3) is 0.257. The van der Waals surface area contributed by atoms with Gasteiger partial charge < -0.3 is 10.2 Å². The molecule has 0 saturated heterocycles. The summed E-state index contributed by atoms with van der Waals surface area (Å²) in [7, 11) is -4.18. The van der Waals surface area contributed by atoms with E-state index in [1.54, 1.807) is 66.7 Å². The monoisotopic (exact) mass is 613 g/mol. The molecule has 228 valence electrons. The zero-order valence-electron chi connectivity index (χ0n) is 24.4. The summed E-state index contributed by atoms with van der Waals surface area (Å²) in [5.74, 6) is -1.49. The van der Waals surface area contributed by atoms with Crippen molar-refractivity contribution >= 4 is 27.5 Å². The van der Waals surface area contributed by atoms with Gasteiger partial charge in [-0.15, -0.1) is 0 Å². The molecule has 0 bridgehead atoms. The van der Waals surface area contributed by atoms with Crippen molar-refractivity contribution in [2.45, 2.75) is 55.6 Å². The van der Waals surface area contributed by atoms with Crippen molar-refractivity contribution in [3.05, 3.63) is 132 Å². The van der Waals surface area contributed by atoms with Crippen LogP contribution in [0.3, 0.4) is 0 Å². The van der Waals surface area contributed by atoms with Gasteiger partial charge in [-0.05, 0) is 48.7 Å². The molecule has 0 aliphatic heterocycles. The van der Waals surface area contributed by atoms with Gasteiger partial charge in [0.2, 0.25) is 11.8 Å². The van der Waals surface area contributed by atoms with Gasteiger partial charge in [-0.2, -0.15) is 0 Å². The van der Waals surface area contributed by atoms with Crippen LogP contribution in [0.1, 0.15) is 36.8 Å². The topological polar surface area (TPSA) is 86.8 Å². The van der Waals surface area contributed by atoms with Gasteiger partial charge in [0.25, 0.3) is 10.0 Å². The van der Waals surface area contributed by atoms with Crippen molar-refractivity contribution in [2.75, 3.05) is 10.8 Å². The number of para-hydroxylation sites is 1. The predicted molar refractivity (Wildman–Crippen MR) is 169 cm³/mol. The number of amides is 2. The standard InChI is InChI=1S/C35H36FN3O4S/c36-32-23-13-10-16-28(32)25-38(33(24-27-14-4-1-5-15-27)35(41)37-29-17-11-12-18-29)34(40)26-39(30-19-6-2-7-20-30)44(42,43)31-21-8-3-9-22-31/h1-10,13-16,19-23,29,33H,11-12,17-18,24-26H2,(H,37,41). The number of carbonyl (C=O) groups excluding carboxylic acids is 2. The molecule has 4 aromatic carbocycles. The molecule has 1 saturated carbocycles. The molecule has 7 nitrogen and oxygen atoms in total. The Labute approximate surface area is 258 Å². The Hall–Kier alpha value is -4.50. The van der Waals surface area contributed by atoms with Crippen molar-refractivity contribution in [3.8, 4) is 0 Å². The molecule has 5 rings (SSSR count). The molecule has 4 aromatic rings. The lowest BCUT2D eigenvalue weighted by Gasteiger charge is -2.34. The van der Waals surface area contributed by atoms with Gasteiger partial charge in [0, 0.05) is 24.6 Å². The molecule has 9 heteroatoms. The smallest absolute Gasteiger partial charge is 0.264 e. The molecule has 1 N–H and O–H groups in total. The molecule has 1 fully saturated rings. The van der Waals surface area contributed by atoms with E-state index < -0.39 is 34.3 Å².